The van der Waals surface area contributed by atoms with Crippen LogP contribution in [0.5, 0.6) is 0 Å². The van der Waals surface area contributed by atoms with Gasteiger partial charge in [-0.15, -0.1) is 11.3 Å². The van der Waals surface area contributed by atoms with Gasteiger partial charge in [0.1, 0.15) is 0 Å². The molecule has 4 heteroatoms. The molecule has 2 heterocycles. The number of nitrogens with two attached hydrogens (primary N) is 1. The van der Waals surface area contributed by atoms with Crippen LogP contribution in [0.2, 0.25) is 0 Å². The van der Waals surface area contributed by atoms with E-state index in [1.165, 1.54) is 16.7 Å². The largest absolute Gasteiger partial charge is 0.330 e. The third kappa shape index (κ3) is 1.86. The van der Waals surface area contributed by atoms with Gasteiger partial charge in [-0.3, -0.25) is 4.90 Å². The van der Waals surface area contributed by atoms with Gasteiger partial charge in [0.05, 0.1) is 15.7 Å². The van der Waals surface area contributed by atoms with Gasteiger partial charge in [-0.25, -0.2) is 4.98 Å². The topological polar surface area (TPSA) is 42.1 Å². The summed E-state index contributed by atoms with van der Waals surface area (Å²) in [6.07, 6.45) is 1.17. The predicted octanol–water partition coefficient (Wildman–Crippen LogP) is 2.25. The molecule has 0 spiro atoms. The number of aromatic nitrogens is 1. The second-order valence-corrected chi connectivity index (χ2v) is 5.70. The molecule has 1 saturated heterocycles. The maximum atomic E-state index is 5.79. The Kier molecular flexibility index (Phi) is 2.86. The lowest BCUT2D eigenvalue weighted by molar-refractivity contribution is 0.315. The summed E-state index contributed by atoms with van der Waals surface area (Å²) in [5.41, 5.74) is 10.3. The average molecular weight is 247 g/mol. The van der Waals surface area contributed by atoms with Crippen LogP contribution in [-0.4, -0.2) is 30.0 Å². The van der Waals surface area contributed by atoms with Gasteiger partial charge in [0, 0.05) is 12.6 Å². The highest BCUT2D eigenvalue weighted by molar-refractivity contribution is 7.16. The highest BCUT2D eigenvalue weighted by Gasteiger charge is 2.30. The molecule has 2 aromatic rings. The van der Waals surface area contributed by atoms with Crippen molar-refractivity contribution in [1.29, 1.82) is 0 Å². The fourth-order valence-corrected chi connectivity index (χ4v) is 3.66. The van der Waals surface area contributed by atoms with Crippen LogP contribution in [0.15, 0.2) is 23.7 Å². The van der Waals surface area contributed by atoms with Gasteiger partial charge in [0.2, 0.25) is 0 Å². The van der Waals surface area contributed by atoms with E-state index in [1.807, 2.05) is 5.51 Å². The second-order valence-electron chi connectivity index (χ2n) is 4.84. The van der Waals surface area contributed by atoms with Crippen LogP contribution in [0, 0.1) is 5.92 Å². The highest BCUT2D eigenvalue weighted by Crippen LogP contribution is 2.38. The first-order valence-electron chi connectivity index (χ1n) is 6.02. The zero-order valence-electron chi connectivity index (χ0n) is 9.97. The van der Waals surface area contributed by atoms with Gasteiger partial charge in [0.15, 0.2) is 0 Å². The molecule has 1 aliphatic rings. The van der Waals surface area contributed by atoms with Gasteiger partial charge < -0.3 is 5.73 Å². The van der Waals surface area contributed by atoms with Gasteiger partial charge in [-0.05, 0) is 37.6 Å². The summed E-state index contributed by atoms with van der Waals surface area (Å²) in [4.78, 5) is 6.81. The minimum Gasteiger partial charge on any atom is -0.330 e. The quantitative estimate of drug-likeness (QED) is 0.885. The Morgan fingerprint density at radius 3 is 3.18 bits per heavy atom. The molecule has 1 aromatic heterocycles. The van der Waals surface area contributed by atoms with Gasteiger partial charge in [0.25, 0.3) is 0 Å². The Hall–Kier alpha value is -0.970. The molecule has 90 valence electrons. The number of fused-ring (bicyclic) bond motifs is 1. The van der Waals surface area contributed by atoms with Gasteiger partial charge >= 0.3 is 0 Å². The van der Waals surface area contributed by atoms with E-state index in [9.17, 15) is 0 Å². The molecule has 1 aromatic carbocycles. The lowest BCUT2D eigenvalue weighted by atomic mass is 10.00. The molecule has 0 amide bonds. The van der Waals surface area contributed by atoms with Crippen LogP contribution >= 0.6 is 11.3 Å². The summed E-state index contributed by atoms with van der Waals surface area (Å²) in [6, 6.07) is 6.94. The van der Waals surface area contributed by atoms with Crippen molar-refractivity contribution in [2.45, 2.75) is 12.5 Å². The van der Waals surface area contributed by atoms with E-state index in [1.54, 1.807) is 11.3 Å². The van der Waals surface area contributed by atoms with Crippen LogP contribution in [0.4, 0.5) is 0 Å². The fourth-order valence-electron chi connectivity index (χ4n) is 2.81. The Balaban J connectivity index is 2.01. The Labute approximate surface area is 105 Å². The lowest BCUT2D eigenvalue weighted by Crippen LogP contribution is -2.20. The first-order chi connectivity index (χ1) is 8.29. The smallest absolute Gasteiger partial charge is 0.0815 e. The van der Waals surface area contributed by atoms with Crippen molar-refractivity contribution >= 4 is 21.6 Å². The monoisotopic (exact) mass is 247 g/mol. The molecular weight excluding hydrogens is 230 g/mol. The molecule has 0 aliphatic carbocycles. The van der Waals surface area contributed by atoms with Crippen molar-refractivity contribution in [2.75, 3.05) is 20.1 Å². The van der Waals surface area contributed by atoms with Crippen LogP contribution in [0.1, 0.15) is 18.0 Å². The highest BCUT2D eigenvalue weighted by atomic mass is 32.1. The summed E-state index contributed by atoms with van der Waals surface area (Å²) in [5.74, 6) is 0.633. The molecule has 0 bridgehead atoms. The van der Waals surface area contributed by atoms with Crippen molar-refractivity contribution in [2.24, 2.45) is 11.7 Å². The normalized spacial score (nSPS) is 25.8. The van der Waals surface area contributed by atoms with E-state index in [2.05, 4.69) is 35.1 Å². The predicted molar refractivity (Wildman–Crippen MR) is 72.2 cm³/mol. The molecule has 0 radical (unpaired) electrons. The van der Waals surface area contributed by atoms with E-state index in [-0.39, 0.29) is 0 Å². The van der Waals surface area contributed by atoms with Crippen LogP contribution in [0.3, 0.4) is 0 Å². The first kappa shape index (κ1) is 11.1. The number of thiazole rings is 1. The molecule has 2 unspecified atom stereocenters. The number of likely N-dealkylation sites (tertiary alicyclic amines) is 1. The maximum Gasteiger partial charge on any atom is 0.0815 e. The minimum absolute atomic E-state index is 0.507. The average Bonchev–Trinajstić information content (AvgIpc) is 2.94. The van der Waals surface area contributed by atoms with E-state index in [0.717, 1.165) is 18.6 Å². The van der Waals surface area contributed by atoms with E-state index in [4.69, 9.17) is 5.73 Å². The zero-order chi connectivity index (χ0) is 11.8. The van der Waals surface area contributed by atoms with Crippen molar-refractivity contribution in [3.05, 3.63) is 29.3 Å². The molecule has 1 fully saturated rings. The van der Waals surface area contributed by atoms with E-state index in [0.29, 0.717) is 12.0 Å². The van der Waals surface area contributed by atoms with Crippen LogP contribution in [0.25, 0.3) is 10.2 Å². The van der Waals surface area contributed by atoms with Gasteiger partial charge in [-0.1, -0.05) is 12.1 Å². The summed E-state index contributed by atoms with van der Waals surface area (Å²) < 4.78 is 1.34. The summed E-state index contributed by atoms with van der Waals surface area (Å²) in [7, 11) is 2.19. The molecule has 1 aliphatic heterocycles. The third-order valence-corrected chi connectivity index (χ3v) is 4.61. The van der Waals surface area contributed by atoms with Crippen molar-refractivity contribution in [3.63, 3.8) is 0 Å². The number of benzene rings is 1. The molecule has 3 nitrogen and oxygen atoms in total. The van der Waals surface area contributed by atoms with Crippen LogP contribution < -0.4 is 5.73 Å². The molecular formula is C13H17N3S. The number of nitrogens with zero attached hydrogens (tertiary/aromatic N) is 2. The molecule has 17 heavy (non-hydrogen) atoms. The number of hydrogen-bond donors (Lipinski definition) is 1. The summed E-state index contributed by atoms with van der Waals surface area (Å²) >= 11 is 1.74. The first-order valence-corrected chi connectivity index (χ1v) is 6.90. The summed E-state index contributed by atoms with van der Waals surface area (Å²) in [6.45, 7) is 1.90. The van der Waals surface area contributed by atoms with Crippen molar-refractivity contribution < 1.29 is 0 Å². The number of hydrogen-bond acceptors (Lipinski definition) is 4. The Bertz CT molecular complexity index is 522. The van der Waals surface area contributed by atoms with E-state index >= 15 is 0 Å². The Morgan fingerprint density at radius 1 is 1.53 bits per heavy atom. The van der Waals surface area contributed by atoms with Crippen LogP contribution in [-0.2, 0) is 0 Å². The third-order valence-electron chi connectivity index (χ3n) is 3.71. The van der Waals surface area contributed by atoms with Gasteiger partial charge in [-0.2, -0.15) is 0 Å². The SMILES string of the molecule is CN1CC(CN)CC1c1cccc2ncsc12. The lowest BCUT2D eigenvalue weighted by Gasteiger charge is -2.19. The van der Waals surface area contributed by atoms with E-state index < -0.39 is 0 Å². The molecule has 0 saturated carbocycles. The fraction of sp³-hybridized carbons (Fsp3) is 0.462. The second kappa shape index (κ2) is 4.37. The van der Waals surface area contributed by atoms with Crippen molar-refractivity contribution in [1.82, 2.24) is 9.88 Å². The zero-order valence-corrected chi connectivity index (χ0v) is 10.8. The molecule has 3 rings (SSSR count). The maximum absolute atomic E-state index is 5.79. The minimum atomic E-state index is 0.507. The molecule has 2 N–H and O–H groups in total. The summed E-state index contributed by atoms with van der Waals surface area (Å²) in [5, 5.41) is 0. The van der Waals surface area contributed by atoms with Crippen molar-refractivity contribution in [3.8, 4) is 0 Å². The molecule has 2 atom stereocenters. The Morgan fingerprint density at radius 2 is 2.41 bits per heavy atom. The number of rotatable bonds is 2. The standard InChI is InChI=1S/C13H17N3S/c1-16-7-9(6-14)5-12(16)10-3-2-4-11-13(10)17-8-15-11/h2-4,8-9,12H,5-7,14H2,1H3.